The van der Waals surface area contributed by atoms with Gasteiger partial charge in [0.1, 0.15) is 5.82 Å². The van der Waals surface area contributed by atoms with Crippen molar-refractivity contribution in [1.29, 1.82) is 0 Å². The molecule has 0 atom stereocenters. The lowest BCUT2D eigenvalue weighted by Crippen LogP contribution is -2.10. The van der Waals surface area contributed by atoms with E-state index in [4.69, 9.17) is 9.47 Å². The van der Waals surface area contributed by atoms with E-state index in [1.54, 1.807) is 12.1 Å². The van der Waals surface area contributed by atoms with Gasteiger partial charge >= 0.3 is 0 Å². The van der Waals surface area contributed by atoms with Gasteiger partial charge in [0, 0.05) is 18.8 Å². The summed E-state index contributed by atoms with van der Waals surface area (Å²) in [4.78, 5) is 0. The summed E-state index contributed by atoms with van der Waals surface area (Å²) in [5.74, 6) is -0.308. The number of ether oxygens (including phenoxy) is 2. The van der Waals surface area contributed by atoms with E-state index in [1.807, 2.05) is 13.8 Å². The fourth-order valence-electron chi connectivity index (χ4n) is 1.23. The lowest BCUT2D eigenvalue weighted by molar-refractivity contribution is -0.140. The first-order valence-electron chi connectivity index (χ1n) is 4.87. The summed E-state index contributed by atoms with van der Waals surface area (Å²) in [6, 6.07) is 4.81. The number of rotatable bonds is 5. The highest BCUT2D eigenvalue weighted by atomic mass is 79.9. The van der Waals surface area contributed by atoms with Crippen molar-refractivity contribution >= 4 is 15.9 Å². The quantitative estimate of drug-likeness (QED) is 0.765. The standard InChI is InChI=1S/C11H14BrFO2/c1-3-14-11(15-4-2)8-6-5-7-9(13)10(8)12/h5-7,11H,3-4H2,1-2H3. The Bertz CT molecular complexity index is 311. The molecule has 4 heteroatoms. The third kappa shape index (κ3) is 3.26. The highest BCUT2D eigenvalue weighted by molar-refractivity contribution is 9.10. The molecule has 0 heterocycles. The van der Waals surface area contributed by atoms with Crippen LogP contribution < -0.4 is 0 Å². The normalized spacial score (nSPS) is 11.0. The summed E-state index contributed by atoms with van der Waals surface area (Å²) in [6.07, 6.45) is -0.509. The lowest BCUT2D eigenvalue weighted by atomic mass is 10.2. The molecule has 0 aliphatic heterocycles. The van der Waals surface area contributed by atoms with Crippen molar-refractivity contribution in [2.75, 3.05) is 13.2 Å². The maximum atomic E-state index is 13.3. The van der Waals surface area contributed by atoms with E-state index < -0.39 is 6.29 Å². The molecule has 1 aromatic rings. The van der Waals surface area contributed by atoms with Crippen molar-refractivity contribution < 1.29 is 13.9 Å². The van der Waals surface area contributed by atoms with Crippen LogP contribution in [0, 0.1) is 5.82 Å². The molecule has 0 radical (unpaired) electrons. The van der Waals surface area contributed by atoms with Crippen molar-refractivity contribution in [3.8, 4) is 0 Å². The van der Waals surface area contributed by atoms with Crippen LogP contribution in [0.5, 0.6) is 0 Å². The summed E-state index contributed by atoms with van der Waals surface area (Å²) in [5.41, 5.74) is 0.679. The van der Waals surface area contributed by atoms with Crippen LogP contribution in [-0.4, -0.2) is 13.2 Å². The first-order valence-corrected chi connectivity index (χ1v) is 5.67. The zero-order valence-corrected chi connectivity index (χ0v) is 10.4. The second-order valence-electron chi connectivity index (χ2n) is 2.89. The van der Waals surface area contributed by atoms with Gasteiger partial charge in [0.2, 0.25) is 0 Å². The number of halogens is 2. The van der Waals surface area contributed by atoms with Crippen LogP contribution in [0.3, 0.4) is 0 Å². The number of hydrogen-bond donors (Lipinski definition) is 0. The predicted octanol–water partition coefficient (Wildman–Crippen LogP) is 3.66. The minimum absolute atomic E-state index is 0.308. The third-order valence-electron chi connectivity index (χ3n) is 1.87. The third-order valence-corrected chi connectivity index (χ3v) is 2.71. The van der Waals surface area contributed by atoms with Gasteiger partial charge < -0.3 is 9.47 Å². The van der Waals surface area contributed by atoms with E-state index in [9.17, 15) is 4.39 Å². The van der Waals surface area contributed by atoms with Crippen LogP contribution in [0.4, 0.5) is 4.39 Å². The summed E-state index contributed by atoms with van der Waals surface area (Å²) < 4.78 is 24.4. The molecule has 0 aliphatic rings. The zero-order chi connectivity index (χ0) is 11.3. The maximum absolute atomic E-state index is 13.3. The fourth-order valence-corrected chi connectivity index (χ4v) is 1.68. The molecular formula is C11H14BrFO2. The molecule has 0 unspecified atom stereocenters. The molecule has 0 aliphatic carbocycles. The van der Waals surface area contributed by atoms with E-state index in [2.05, 4.69) is 15.9 Å². The first-order chi connectivity index (χ1) is 7.20. The minimum atomic E-state index is -0.509. The van der Waals surface area contributed by atoms with Gasteiger partial charge in [0.05, 0.1) is 4.47 Å². The Morgan fingerprint density at radius 1 is 1.27 bits per heavy atom. The van der Waals surface area contributed by atoms with Crippen molar-refractivity contribution in [2.45, 2.75) is 20.1 Å². The van der Waals surface area contributed by atoms with Crippen molar-refractivity contribution in [2.24, 2.45) is 0 Å². The Labute approximate surface area is 97.5 Å². The fraction of sp³-hybridized carbons (Fsp3) is 0.455. The highest BCUT2D eigenvalue weighted by Crippen LogP contribution is 2.28. The summed E-state index contributed by atoms with van der Waals surface area (Å²) in [5, 5.41) is 0. The van der Waals surface area contributed by atoms with Gasteiger partial charge in [-0.05, 0) is 35.8 Å². The largest absolute Gasteiger partial charge is 0.349 e. The van der Waals surface area contributed by atoms with Crippen LogP contribution in [0.2, 0.25) is 0 Å². The monoisotopic (exact) mass is 276 g/mol. The van der Waals surface area contributed by atoms with Gasteiger partial charge in [-0.2, -0.15) is 0 Å². The molecule has 0 spiro atoms. The Balaban J connectivity index is 2.94. The Hall–Kier alpha value is -0.450. The Kier molecular flexibility index (Phi) is 5.22. The van der Waals surface area contributed by atoms with Crippen LogP contribution >= 0.6 is 15.9 Å². The molecule has 0 amide bonds. The molecule has 0 N–H and O–H groups in total. The van der Waals surface area contributed by atoms with Gasteiger partial charge in [0.15, 0.2) is 6.29 Å². The van der Waals surface area contributed by atoms with Gasteiger partial charge in [-0.3, -0.25) is 0 Å². The van der Waals surface area contributed by atoms with Gasteiger partial charge in [-0.15, -0.1) is 0 Å². The van der Waals surface area contributed by atoms with E-state index in [0.29, 0.717) is 23.2 Å². The van der Waals surface area contributed by atoms with Crippen molar-refractivity contribution in [3.05, 3.63) is 34.1 Å². The molecular weight excluding hydrogens is 263 g/mol. The summed E-state index contributed by atoms with van der Waals surface area (Å²) >= 11 is 3.19. The van der Waals surface area contributed by atoms with Crippen LogP contribution in [0.1, 0.15) is 25.7 Å². The van der Waals surface area contributed by atoms with E-state index in [1.165, 1.54) is 6.07 Å². The molecule has 0 saturated heterocycles. The van der Waals surface area contributed by atoms with E-state index >= 15 is 0 Å². The second kappa shape index (κ2) is 6.20. The minimum Gasteiger partial charge on any atom is -0.349 e. The highest BCUT2D eigenvalue weighted by Gasteiger charge is 2.16. The van der Waals surface area contributed by atoms with Crippen molar-refractivity contribution in [1.82, 2.24) is 0 Å². The lowest BCUT2D eigenvalue weighted by Gasteiger charge is -2.18. The predicted molar refractivity (Wildman–Crippen MR) is 60.1 cm³/mol. The zero-order valence-electron chi connectivity index (χ0n) is 8.80. The number of benzene rings is 1. The number of hydrogen-bond acceptors (Lipinski definition) is 2. The maximum Gasteiger partial charge on any atom is 0.184 e. The van der Waals surface area contributed by atoms with Crippen LogP contribution in [0.15, 0.2) is 22.7 Å². The van der Waals surface area contributed by atoms with Gasteiger partial charge in [-0.1, -0.05) is 12.1 Å². The van der Waals surface area contributed by atoms with Crippen LogP contribution in [0.25, 0.3) is 0 Å². The summed E-state index contributed by atoms with van der Waals surface area (Å²) in [7, 11) is 0. The van der Waals surface area contributed by atoms with Gasteiger partial charge in [0.25, 0.3) is 0 Å². The topological polar surface area (TPSA) is 18.5 Å². The van der Waals surface area contributed by atoms with Crippen molar-refractivity contribution in [3.63, 3.8) is 0 Å². The molecule has 1 aromatic carbocycles. The molecule has 1 rings (SSSR count). The summed E-state index contributed by atoms with van der Waals surface area (Å²) in [6.45, 7) is 4.79. The van der Waals surface area contributed by atoms with E-state index in [-0.39, 0.29) is 5.82 Å². The molecule has 0 saturated carbocycles. The van der Waals surface area contributed by atoms with Gasteiger partial charge in [-0.25, -0.2) is 4.39 Å². The second-order valence-corrected chi connectivity index (χ2v) is 3.68. The molecule has 84 valence electrons. The molecule has 0 bridgehead atoms. The first kappa shape index (κ1) is 12.6. The van der Waals surface area contributed by atoms with Crippen LogP contribution in [-0.2, 0) is 9.47 Å². The molecule has 0 fully saturated rings. The SMILES string of the molecule is CCOC(OCC)c1cccc(F)c1Br. The smallest absolute Gasteiger partial charge is 0.184 e. The average Bonchev–Trinajstić information content (AvgIpc) is 2.22. The Morgan fingerprint density at radius 3 is 2.40 bits per heavy atom. The average molecular weight is 277 g/mol. The molecule has 15 heavy (non-hydrogen) atoms. The molecule has 0 aromatic heterocycles. The van der Waals surface area contributed by atoms with E-state index in [0.717, 1.165) is 0 Å². The Morgan fingerprint density at radius 2 is 1.87 bits per heavy atom. The molecule has 2 nitrogen and oxygen atoms in total.